The molecule has 1 unspecified atom stereocenters. The van der Waals surface area contributed by atoms with Gasteiger partial charge in [0, 0.05) is 18.0 Å². The highest BCUT2D eigenvalue weighted by Crippen LogP contribution is 2.29. The number of hydrogen-bond donors (Lipinski definition) is 0. The molecule has 1 aliphatic rings. The fourth-order valence-electron chi connectivity index (χ4n) is 2.72. The third-order valence-electron chi connectivity index (χ3n) is 3.80. The molecule has 2 rings (SSSR count). The van der Waals surface area contributed by atoms with E-state index in [1.807, 2.05) is 6.07 Å². The van der Waals surface area contributed by atoms with E-state index < -0.39 is 0 Å². The zero-order chi connectivity index (χ0) is 12.8. The highest BCUT2D eigenvalue weighted by molar-refractivity contribution is 5.14. The van der Waals surface area contributed by atoms with Crippen LogP contribution in [0.3, 0.4) is 0 Å². The van der Waals surface area contributed by atoms with Crippen LogP contribution in [-0.4, -0.2) is 23.5 Å². The van der Waals surface area contributed by atoms with Gasteiger partial charge < -0.3 is 0 Å². The van der Waals surface area contributed by atoms with Crippen molar-refractivity contribution >= 4 is 0 Å². The third-order valence-corrected chi connectivity index (χ3v) is 3.80. The maximum atomic E-state index is 8.73. The summed E-state index contributed by atoms with van der Waals surface area (Å²) in [6.45, 7) is 5.03. The Kier molecular flexibility index (Phi) is 4.24. The fraction of sp³-hybridized carbons (Fsp3) is 0.571. The smallest absolute Gasteiger partial charge is 0.0613 e. The zero-order valence-electron chi connectivity index (χ0n) is 10.9. The molecule has 4 nitrogen and oxygen atoms in total. The molecule has 1 fully saturated rings. The van der Waals surface area contributed by atoms with Gasteiger partial charge in [0.1, 0.15) is 0 Å². The van der Waals surface area contributed by atoms with Crippen LogP contribution in [0.25, 0.3) is 10.4 Å². The highest BCUT2D eigenvalue weighted by atomic mass is 15.2. The summed E-state index contributed by atoms with van der Waals surface area (Å²) < 4.78 is 0. The second-order valence-electron chi connectivity index (χ2n) is 5.07. The van der Waals surface area contributed by atoms with Gasteiger partial charge in [-0.25, -0.2) is 0 Å². The van der Waals surface area contributed by atoms with Crippen molar-refractivity contribution in [2.24, 2.45) is 5.11 Å². The van der Waals surface area contributed by atoms with Crippen LogP contribution in [0, 0.1) is 0 Å². The number of benzene rings is 1. The van der Waals surface area contributed by atoms with Gasteiger partial charge in [-0.1, -0.05) is 42.4 Å². The molecule has 0 bridgehead atoms. The summed E-state index contributed by atoms with van der Waals surface area (Å²) in [4.78, 5) is 5.44. The van der Waals surface area contributed by atoms with Gasteiger partial charge in [-0.15, -0.1) is 0 Å². The Morgan fingerprint density at radius 3 is 2.83 bits per heavy atom. The van der Waals surface area contributed by atoms with Crippen molar-refractivity contribution in [3.63, 3.8) is 0 Å². The topological polar surface area (TPSA) is 52.0 Å². The maximum Gasteiger partial charge on any atom is 0.0613 e. The van der Waals surface area contributed by atoms with Crippen molar-refractivity contribution in [2.45, 2.75) is 38.3 Å². The minimum absolute atomic E-state index is 0.193. The van der Waals surface area contributed by atoms with E-state index >= 15 is 0 Å². The first kappa shape index (κ1) is 12.9. The fourth-order valence-corrected chi connectivity index (χ4v) is 2.72. The summed E-state index contributed by atoms with van der Waals surface area (Å²) in [6, 6.07) is 10.5. The molecule has 96 valence electrons. The molecule has 1 heterocycles. The molecule has 1 aliphatic heterocycles. The average molecular weight is 244 g/mol. The number of hydrogen-bond acceptors (Lipinski definition) is 2. The number of likely N-dealkylation sites (tertiary alicyclic amines) is 1. The third kappa shape index (κ3) is 3.03. The monoisotopic (exact) mass is 244 g/mol. The van der Waals surface area contributed by atoms with Gasteiger partial charge in [0.15, 0.2) is 0 Å². The van der Waals surface area contributed by atoms with Crippen molar-refractivity contribution in [2.75, 3.05) is 13.1 Å². The lowest BCUT2D eigenvalue weighted by Gasteiger charge is -2.39. The first-order valence-corrected chi connectivity index (χ1v) is 6.60. The summed E-state index contributed by atoms with van der Waals surface area (Å²) in [5.74, 6) is 0. The van der Waals surface area contributed by atoms with Gasteiger partial charge in [0.2, 0.25) is 0 Å². The molecule has 0 spiro atoms. The van der Waals surface area contributed by atoms with Gasteiger partial charge >= 0.3 is 0 Å². The normalized spacial score (nSPS) is 24.5. The Balaban J connectivity index is 2.04. The van der Waals surface area contributed by atoms with E-state index in [4.69, 9.17) is 5.53 Å². The molecule has 0 aliphatic carbocycles. The molecule has 0 saturated carbocycles. The summed E-state index contributed by atoms with van der Waals surface area (Å²) in [6.07, 6.45) is 3.04. The van der Waals surface area contributed by atoms with Crippen molar-refractivity contribution < 1.29 is 0 Å². The lowest BCUT2D eigenvalue weighted by atomic mass is 9.87. The van der Waals surface area contributed by atoms with E-state index in [1.54, 1.807) is 0 Å². The van der Waals surface area contributed by atoms with E-state index in [2.05, 4.69) is 46.1 Å². The van der Waals surface area contributed by atoms with Gasteiger partial charge in [-0.2, -0.15) is 0 Å². The zero-order valence-corrected chi connectivity index (χ0v) is 10.9. The van der Waals surface area contributed by atoms with Crippen LogP contribution in [0.2, 0.25) is 0 Å². The second kappa shape index (κ2) is 5.89. The first-order valence-electron chi connectivity index (χ1n) is 6.60. The Morgan fingerprint density at radius 1 is 1.39 bits per heavy atom. The van der Waals surface area contributed by atoms with E-state index in [0.29, 0.717) is 0 Å². The maximum absolute atomic E-state index is 8.73. The largest absolute Gasteiger partial charge is 0.298 e. The van der Waals surface area contributed by atoms with Crippen LogP contribution < -0.4 is 0 Å². The second-order valence-corrected chi connectivity index (χ2v) is 5.07. The van der Waals surface area contributed by atoms with Gasteiger partial charge in [-0.3, -0.25) is 4.90 Å². The predicted molar refractivity (Wildman–Crippen MR) is 73.1 cm³/mol. The number of rotatable bonds is 4. The van der Waals surface area contributed by atoms with Crippen LogP contribution >= 0.6 is 0 Å². The van der Waals surface area contributed by atoms with Crippen molar-refractivity contribution in [1.82, 2.24) is 4.90 Å². The highest BCUT2D eigenvalue weighted by Gasteiger charge is 2.32. The minimum atomic E-state index is -0.193. The van der Waals surface area contributed by atoms with Gasteiger partial charge in [0.05, 0.1) is 5.54 Å². The van der Waals surface area contributed by atoms with Crippen LogP contribution in [0.15, 0.2) is 35.4 Å². The average Bonchev–Trinajstić information content (AvgIpc) is 2.41. The number of nitrogens with zero attached hydrogens (tertiary/aromatic N) is 4. The SMILES string of the molecule is CCC1(N=[N+]=[N-])CCCN(Cc2ccccc2)C1. The molecule has 1 aromatic carbocycles. The summed E-state index contributed by atoms with van der Waals surface area (Å²) in [7, 11) is 0. The van der Waals surface area contributed by atoms with E-state index in [-0.39, 0.29) is 5.54 Å². The quantitative estimate of drug-likeness (QED) is 0.452. The molecule has 4 heteroatoms. The molecule has 0 amide bonds. The number of piperidine rings is 1. The van der Waals surface area contributed by atoms with Crippen LogP contribution in [0.1, 0.15) is 31.7 Å². The van der Waals surface area contributed by atoms with Crippen molar-refractivity contribution in [3.05, 3.63) is 46.3 Å². The molecular formula is C14H20N4. The molecule has 0 N–H and O–H groups in total. The summed E-state index contributed by atoms with van der Waals surface area (Å²) >= 11 is 0. The lowest BCUT2D eigenvalue weighted by Crippen LogP contribution is -2.45. The Labute approximate surface area is 108 Å². The van der Waals surface area contributed by atoms with Crippen LogP contribution in [0.5, 0.6) is 0 Å². The molecule has 1 saturated heterocycles. The van der Waals surface area contributed by atoms with E-state index in [0.717, 1.165) is 38.9 Å². The molecule has 1 atom stereocenters. The predicted octanol–water partition coefficient (Wildman–Crippen LogP) is 3.74. The molecule has 0 radical (unpaired) electrons. The molecular weight excluding hydrogens is 224 g/mol. The van der Waals surface area contributed by atoms with E-state index in [9.17, 15) is 0 Å². The first-order chi connectivity index (χ1) is 8.78. The summed E-state index contributed by atoms with van der Waals surface area (Å²) in [5, 5.41) is 4.06. The van der Waals surface area contributed by atoms with Crippen LogP contribution in [0.4, 0.5) is 0 Å². The van der Waals surface area contributed by atoms with E-state index in [1.165, 1.54) is 5.56 Å². The lowest BCUT2D eigenvalue weighted by molar-refractivity contribution is 0.140. The molecule has 0 aromatic heterocycles. The standard InChI is InChI=1S/C14H20N4/c1-2-14(16-17-15)9-6-10-18(12-14)11-13-7-4-3-5-8-13/h3-5,7-8H,2,6,9-12H2,1H3. The van der Waals surface area contributed by atoms with Crippen LogP contribution in [-0.2, 0) is 6.54 Å². The van der Waals surface area contributed by atoms with Crippen molar-refractivity contribution in [3.8, 4) is 0 Å². The minimum Gasteiger partial charge on any atom is -0.298 e. The Morgan fingerprint density at radius 2 is 2.17 bits per heavy atom. The number of azide groups is 1. The Hall–Kier alpha value is -1.51. The Bertz CT molecular complexity index is 425. The van der Waals surface area contributed by atoms with Gasteiger partial charge in [0.25, 0.3) is 0 Å². The van der Waals surface area contributed by atoms with Crippen molar-refractivity contribution in [1.29, 1.82) is 0 Å². The summed E-state index contributed by atoms with van der Waals surface area (Å²) in [5.41, 5.74) is 9.86. The van der Waals surface area contributed by atoms with Gasteiger partial charge in [-0.05, 0) is 36.9 Å². The molecule has 18 heavy (non-hydrogen) atoms. The molecule has 1 aromatic rings.